The van der Waals surface area contributed by atoms with Crippen molar-refractivity contribution in [2.75, 3.05) is 6.61 Å². The van der Waals surface area contributed by atoms with Crippen LogP contribution < -0.4 is 0 Å². The summed E-state index contributed by atoms with van der Waals surface area (Å²) in [7, 11) is 0. The lowest BCUT2D eigenvalue weighted by Gasteiger charge is -2.41. The van der Waals surface area contributed by atoms with Gasteiger partial charge in [-0.3, -0.25) is 0 Å². The molecule has 1 unspecified atom stereocenters. The molecule has 78 valence electrons. The predicted molar refractivity (Wildman–Crippen MR) is 36.0 cm³/mol. The monoisotopic (exact) mass is 198 g/mol. The topological polar surface area (TPSA) is 110 Å². The van der Waals surface area contributed by atoms with Crippen molar-refractivity contribution in [3.8, 4) is 0 Å². The molecule has 0 radical (unpaired) electrons. The number of halogens is 1. The quantitative estimate of drug-likeness (QED) is 0.308. The highest BCUT2D eigenvalue weighted by Gasteiger charge is 2.55. The average molecular weight is 198 g/mol. The zero-order valence-corrected chi connectivity index (χ0v) is 6.54. The highest BCUT2D eigenvalue weighted by molar-refractivity contribution is 4.94. The summed E-state index contributed by atoms with van der Waals surface area (Å²) in [5.41, 5.74) is 0. The number of hydrogen-bond donors (Lipinski definition) is 5. The average Bonchev–Trinajstić information content (AvgIpc) is 2.08. The summed E-state index contributed by atoms with van der Waals surface area (Å²) in [5.74, 6) is -3.27. The van der Waals surface area contributed by atoms with Gasteiger partial charge in [-0.2, -0.15) is 0 Å². The Bertz CT molecular complexity index is 182. The molecule has 1 fully saturated rings. The van der Waals surface area contributed by atoms with Crippen LogP contribution in [0, 0.1) is 0 Å². The first-order valence-corrected chi connectivity index (χ1v) is 3.63. The molecule has 1 heterocycles. The molecule has 13 heavy (non-hydrogen) atoms. The Morgan fingerprint density at radius 1 is 1.31 bits per heavy atom. The molecule has 0 aliphatic carbocycles. The molecule has 1 saturated heterocycles. The maximum atomic E-state index is 13.1. The highest BCUT2D eigenvalue weighted by atomic mass is 19.2. The molecule has 1 aliphatic rings. The summed E-state index contributed by atoms with van der Waals surface area (Å²) in [6.45, 7) is -0.923. The Morgan fingerprint density at radius 3 is 2.31 bits per heavy atom. The van der Waals surface area contributed by atoms with E-state index in [0.717, 1.165) is 0 Å². The number of hydrogen-bond acceptors (Lipinski definition) is 6. The van der Waals surface area contributed by atoms with Gasteiger partial charge in [-0.25, -0.2) is 4.39 Å². The summed E-state index contributed by atoms with van der Waals surface area (Å²) in [6.07, 6.45) is -7.77. The molecule has 0 amide bonds. The van der Waals surface area contributed by atoms with Gasteiger partial charge in [0.15, 0.2) is 6.29 Å². The van der Waals surface area contributed by atoms with E-state index in [-0.39, 0.29) is 0 Å². The second kappa shape index (κ2) is 3.45. The third kappa shape index (κ3) is 1.66. The van der Waals surface area contributed by atoms with E-state index in [1.165, 1.54) is 0 Å². The fourth-order valence-corrected chi connectivity index (χ4v) is 1.10. The van der Waals surface area contributed by atoms with Gasteiger partial charge in [0.05, 0.1) is 6.61 Å². The summed E-state index contributed by atoms with van der Waals surface area (Å²) in [6, 6.07) is 0. The number of ether oxygens (including phenoxy) is 1. The Labute approximate surface area is 72.8 Å². The van der Waals surface area contributed by atoms with Gasteiger partial charge >= 0.3 is 0 Å². The van der Waals surface area contributed by atoms with E-state index in [4.69, 9.17) is 25.5 Å². The summed E-state index contributed by atoms with van der Waals surface area (Å²) >= 11 is 0. The largest absolute Gasteiger partial charge is 0.393 e. The zero-order chi connectivity index (χ0) is 10.2. The third-order valence-corrected chi connectivity index (χ3v) is 1.95. The molecule has 5 atom stereocenters. The van der Waals surface area contributed by atoms with Crippen LogP contribution in [0.5, 0.6) is 0 Å². The van der Waals surface area contributed by atoms with Gasteiger partial charge in [0.2, 0.25) is 0 Å². The van der Waals surface area contributed by atoms with E-state index in [0.29, 0.717) is 0 Å². The number of alkyl halides is 1. The van der Waals surface area contributed by atoms with Crippen molar-refractivity contribution < 1.29 is 34.7 Å². The normalized spacial score (nSPS) is 52.2. The molecule has 0 aromatic rings. The first kappa shape index (κ1) is 10.8. The van der Waals surface area contributed by atoms with Crippen LogP contribution in [-0.2, 0) is 4.74 Å². The number of aliphatic hydroxyl groups is 5. The van der Waals surface area contributed by atoms with E-state index >= 15 is 0 Å². The first-order valence-electron chi connectivity index (χ1n) is 3.63. The Balaban J connectivity index is 2.82. The van der Waals surface area contributed by atoms with Gasteiger partial charge in [-0.15, -0.1) is 0 Å². The Kier molecular flexibility index (Phi) is 2.85. The van der Waals surface area contributed by atoms with Gasteiger partial charge in [0.1, 0.15) is 18.3 Å². The van der Waals surface area contributed by atoms with Crippen molar-refractivity contribution in [1.82, 2.24) is 0 Å². The number of aliphatic hydroxyl groups excluding tert-OH is 4. The molecule has 1 rings (SSSR count). The molecule has 7 heteroatoms. The standard InChI is InChI=1S/C6H11FO6/c7-6(12)2(1-8)13-5(11)3(9)4(6)10/h2-5,8-12H,1H2/t2-,3-,4-,5?,6-/m1/s1. The molecule has 1 aliphatic heterocycles. The lowest BCUT2D eigenvalue weighted by Crippen LogP contribution is -2.64. The molecule has 0 bridgehead atoms. The third-order valence-electron chi connectivity index (χ3n) is 1.95. The van der Waals surface area contributed by atoms with Crippen LogP contribution in [0.1, 0.15) is 0 Å². The van der Waals surface area contributed by atoms with Gasteiger partial charge in [0.25, 0.3) is 5.85 Å². The van der Waals surface area contributed by atoms with Crippen LogP contribution in [0.2, 0.25) is 0 Å². The van der Waals surface area contributed by atoms with Gasteiger partial charge in [-0.1, -0.05) is 0 Å². The van der Waals surface area contributed by atoms with Crippen LogP contribution in [-0.4, -0.2) is 62.6 Å². The van der Waals surface area contributed by atoms with E-state index in [2.05, 4.69) is 4.74 Å². The summed E-state index contributed by atoms with van der Waals surface area (Å²) in [5, 5.41) is 44.1. The minimum absolute atomic E-state index is 0.923. The molecule has 5 N–H and O–H groups in total. The van der Waals surface area contributed by atoms with Crippen LogP contribution in [0.15, 0.2) is 0 Å². The zero-order valence-electron chi connectivity index (χ0n) is 6.54. The van der Waals surface area contributed by atoms with Crippen molar-refractivity contribution in [2.45, 2.75) is 30.5 Å². The molecule has 0 aromatic carbocycles. The van der Waals surface area contributed by atoms with E-state index in [1.807, 2.05) is 0 Å². The van der Waals surface area contributed by atoms with Crippen molar-refractivity contribution in [2.24, 2.45) is 0 Å². The van der Waals surface area contributed by atoms with Crippen LogP contribution in [0.25, 0.3) is 0 Å². The van der Waals surface area contributed by atoms with E-state index < -0.39 is 37.1 Å². The maximum absolute atomic E-state index is 13.1. The molecular weight excluding hydrogens is 187 g/mol. The summed E-state index contributed by atoms with van der Waals surface area (Å²) < 4.78 is 17.4. The molecular formula is C6H11FO6. The van der Waals surface area contributed by atoms with Crippen LogP contribution in [0.4, 0.5) is 4.39 Å². The minimum Gasteiger partial charge on any atom is -0.393 e. The lowest BCUT2D eigenvalue weighted by molar-refractivity contribution is -0.356. The predicted octanol–water partition coefficient (Wildman–Crippen LogP) is -2.92. The Morgan fingerprint density at radius 2 is 1.85 bits per heavy atom. The molecule has 6 nitrogen and oxygen atoms in total. The van der Waals surface area contributed by atoms with Crippen LogP contribution >= 0.6 is 0 Å². The van der Waals surface area contributed by atoms with Crippen molar-refractivity contribution in [3.63, 3.8) is 0 Å². The Hall–Kier alpha value is -0.310. The molecule has 0 aromatic heterocycles. The second-order valence-corrected chi connectivity index (χ2v) is 2.86. The first-order chi connectivity index (χ1) is 5.91. The van der Waals surface area contributed by atoms with Crippen molar-refractivity contribution in [3.05, 3.63) is 0 Å². The fourth-order valence-electron chi connectivity index (χ4n) is 1.10. The van der Waals surface area contributed by atoms with Gasteiger partial charge in [-0.05, 0) is 0 Å². The SMILES string of the molecule is OC[C@H]1OC(O)[C@H](O)[C@@H](O)[C@@]1(O)F. The molecule has 0 saturated carbocycles. The lowest BCUT2D eigenvalue weighted by atomic mass is 9.97. The van der Waals surface area contributed by atoms with Gasteiger partial charge in [0, 0.05) is 0 Å². The van der Waals surface area contributed by atoms with Crippen LogP contribution in [0.3, 0.4) is 0 Å². The minimum atomic E-state index is -3.27. The van der Waals surface area contributed by atoms with Gasteiger partial charge < -0.3 is 30.3 Å². The maximum Gasteiger partial charge on any atom is 0.264 e. The second-order valence-electron chi connectivity index (χ2n) is 2.86. The van der Waals surface area contributed by atoms with Crippen molar-refractivity contribution in [1.29, 1.82) is 0 Å². The molecule has 0 spiro atoms. The highest BCUT2D eigenvalue weighted by Crippen LogP contribution is 2.29. The van der Waals surface area contributed by atoms with E-state index in [9.17, 15) is 4.39 Å². The summed E-state index contributed by atoms with van der Waals surface area (Å²) in [4.78, 5) is 0. The smallest absolute Gasteiger partial charge is 0.264 e. The van der Waals surface area contributed by atoms with E-state index in [1.54, 1.807) is 0 Å². The van der Waals surface area contributed by atoms with Crippen molar-refractivity contribution >= 4 is 0 Å². The fraction of sp³-hybridized carbons (Fsp3) is 1.00. The number of rotatable bonds is 1.